The van der Waals surface area contributed by atoms with Crippen molar-refractivity contribution in [3.63, 3.8) is 0 Å². The van der Waals surface area contributed by atoms with Crippen LogP contribution in [0, 0.1) is 13.8 Å². The average molecular weight is 273 g/mol. The topological polar surface area (TPSA) is 92.9 Å². The van der Waals surface area contributed by atoms with Crippen molar-refractivity contribution >= 4 is 17.7 Å². The third-order valence-corrected chi connectivity index (χ3v) is 2.87. The standard InChI is InChI=1S/C13H15N5O2/c1-7-5-10(16-13(14-7)15-9-3-4-9)12(19)17-11-6-8(2)20-18-11/h5-6,9H,3-4H2,1-2H3,(H,14,15,16)(H,17,18,19). The van der Waals surface area contributed by atoms with Gasteiger partial charge in [0.05, 0.1) is 0 Å². The fourth-order valence-electron chi connectivity index (χ4n) is 1.77. The highest BCUT2D eigenvalue weighted by Crippen LogP contribution is 2.23. The van der Waals surface area contributed by atoms with E-state index < -0.39 is 0 Å². The summed E-state index contributed by atoms with van der Waals surface area (Å²) in [5.74, 6) is 1.17. The minimum absolute atomic E-state index is 0.307. The van der Waals surface area contributed by atoms with Crippen LogP contribution in [-0.2, 0) is 0 Å². The highest BCUT2D eigenvalue weighted by Gasteiger charge is 2.22. The lowest BCUT2D eigenvalue weighted by molar-refractivity contribution is 0.102. The van der Waals surface area contributed by atoms with E-state index in [1.54, 1.807) is 19.1 Å². The van der Waals surface area contributed by atoms with Gasteiger partial charge in [0.2, 0.25) is 5.95 Å². The van der Waals surface area contributed by atoms with E-state index in [9.17, 15) is 4.79 Å². The van der Waals surface area contributed by atoms with Crippen LogP contribution in [-0.4, -0.2) is 27.1 Å². The molecule has 0 atom stereocenters. The first kappa shape index (κ1) is 12.6. The predicted molar refractivity (Wildman–Crippen MR) is 72.6 cm³/mol. The number of aromatic nitrogens is 3. The van der Waals surface area contributed by atoms with Crippen molar-refractivity contribution in [2.24, 2.45) is 0 Å². The molecule has 1 aliphatic carbocycles. The van der Waals surface area contributed by atoms with Gasteiger partial charge in [0.1, 0.15) is 11.5 Å². The van der Waals surface area contributed by atoms with Crippen LogP contribution in [0.4, 0.5) is 11.8 Å². The van der Waals surface area contributed by atoms with Gasteiger partial charge in [0.15, 0.2) is 5.82 Å². The van der Waals surface area contributed by atoms with Gasteiger partial charge in [-0.25, -0.2) is 9.97 Å². The summed E-state index contributed by atoms with van der Waals surface area (Å²) in [5, 5.41) is 9.54. The lowest BCUT2D eigenvalue weighted by Crippen LogP contribution is -2.16. The molecule has 3 rings (SSSR count). The first-order valence-electron chi connectivity index (χ1n) is 6.47. The van der Waals surface area contributed by atoms with E-state index in [4.69, 9.17) is 4.52 Å². The van der Waals surface area contributed by atoms with Gasteiger partial charge >= 0.3 is 0 Å². The van der Waals surface area contributed by atoms with Crippen LogP contribution in [0.3, 0.4) is 0 Å². The third kappa shape index (κ3) is 2.93. The molecular weight excluding hydrogens is 258 g/mol. The van der Waals surface area contributed by atoms with Gasteiger partial charge in [-0.3, -0.25) is 4.79 Å². The van der Waals surface area contributed by atoms with Gasteiger partial charge in [-0.15, -0.1) is 0 Å². The Labute approximate surface area is 115 Å². The van der Waals surface area contributed by atoms with E-state index >= 15 is 0 Å². The maximum Gasteiger partial charge on any atom is 0.275 e. The van der Waals surface area contributed by atoms with Gasteiger partial charge < -0.3 is 15.2 Å². The molecule has 2 aromatic rings. The molecule has 7 nitrogen and oxygen atoms in total. The van der Waals surface area contributed by atoms with Crippen molar-refractivity contribution in [1.29, 1.82) is 0 Å². The Morgan fingerprint density at radius 1 is 1.30 bits per heavy atom. The summed E-state index contributed by atoms with van der Waals surface area (Å²) < 4.78 is 4.90. The number of carbonyl (C=O) groups is 1. The zero-order valence-corrected chi connectivity index (χ0v) is 11.3. The number of rotatable bonds is 4. The van der Waals surface area contributed by atoms with Gasteiger partial charge in [-0.1, -0.05) is 5.16 Å². The second kappa shape index (κ2) is 4.92. The van der Waals surface area contributed by atoms with Crippen LogP contribution in [0.5, 0.6) is 0 Å². The Balaban J connectivity index is 1.77. The normalized spacial score (nSPS) is 14.1. The highest BCUT2D eigenvalue weighted by atomic mass is 16.5. The molecule has 2 N–H and O–H groups in total. The Bertz CT molecular complexity index is 648. The first-order chi connectivity index (χ1) is 9.60. The highest BCUT2D eigenvalue weighted by molar-refractivity contribution is 6.02. The molecule has 0 saturated heterocycles. The number of hydrogen-bond acceptors (Lipinski definition) is 6. The monoisotopic (exact) mass is 273 g/mol. The fourth-order valence-corrected chi connectivity index (χ4v) is 1.77. The van der Waals surface area contributed by atoms with Crippen molar-refractivity contribution < 1.29 is 9.32 Å². The molecule has 104 valence electrons. The van der Waals surface area contributed by atoms with Crippen molar-refractivity contribution in [3.05, 3.63) is 29.3 Å². The van der Waals surface area contributed by atoms with Gasteiger partial charge in [-0.2, -0.15) is 0 Å². The lowest BCUT2D eigenvalue weighted by atomic mass is 10.3. The second-order valence-electron chi connectivity index (χ2n) is 4.91. The van der Waals surface area contributed by atoms with Crippen LogP contribution >= 0.6 is 0 Å². The summed E-state index contributed by atoms with van der Waals surface area (Å²) >= 11 is 0. The van der Waals surface area contributed by atoms with E-state index in [0.29, 0.717) is 29.3 Å². The molecule has 1 saturated carbocycles. The predicted octanol–water partition coefficient (Wildman–Crippen LogP) is 1.91. The fraction of sp³-hybridized carbons (Fsp3) is 0.385. The number of amides is 1. The molecule has 1 amide bonds. The zero-order valence-electron chi connectivity index (χ0n) is 11.3. The molecule has 0 radical (unpaired) electrons. The quantitative estimate of drug-likeness (QED) is 0.883. The van der Waals surface area contributed by atoms with Crippen LogP contribution in [0.2, 0.25) is 0 Å². The van der Waals surface area contributed by atoms with E-state index in [-0.39, 0.29) is 5.91 Å². The molecule has 2 aromatic heterocycles. The van der Waals surface area contributed by atoms with Crippen LogP contribution in [0.1, 0.15) is 34.8 Å². The van der Waals surface area contributed by atoms with Crippen molar-refractivity contribution in [2.75, 3.05) is 10.6 Å². The Morgan fingerprint density at radius 2 is 2.10 bits per heavy atom. The number of hydrogen-bond donors (Lipinski definition) is 2. The minimum Gasteiger partial charge on any atom is -0.360 e. The van der Waals surface area contributed by atoms with Gasteiger partial charge in [0.25, 0.3) is 5.91 Å². The second-order valence-corrected chi connectivity index (χ2v) is 4.91. The smallest absolute Gasteiger partial charge is 0.275 e. The van der Waals surface area contributed by atoms with E-state index in [1.165, 1.54) is 0 Å². The summed E-state index contributed by atoms with van der Waals surface area (Å²) in [4.78, 5) is 20.6. The molecule has 1 aliphatic rings. The minimum atomic E-state index is -0.331. The largest absolute Gasteiger partial charge is 0.360 e. The van der Waals surface area contributed by atoms with Crippen LogP contribution < -0.4 is 10.6 Å². The molecule has 1 fully saturated rings. The number of carbonyl (C=O) groups excluding carboxylic acids is 1. The molecule has 2 heterocycles. The zero-order chi connectivity index (χ0) is 14.1. The molecule has 0 unspecified atom stereocenters. The van der Waals surface area contributed by atoms with Crippen LogP contribution in [0.25, 0.3) is 0 Å². The summed E-state index contributed by atoms with van der Waals surface area (Å²) in [7, 11) is 0. The van der Waals surface area contributed by atoms with Crippen LogP contribution in [0.15, 0.2) is 16.7 Å². The Morgan fingerprint density at radius 3 is 2.75 bits per heavy atom. The van der Waals surface area contributed by atoms with Crippen molar-refractivity contribution in [3.8, 4) is 0 Å². The molecule has 20 heavy (non-hydrogen) atoms. The number of nitrogens with zero attached hydrogens (tertiary/aromatic N) is 3. The van der Waals surface area contributed by atoms with Crippen molar-refractivity contribution in [2.45, 2.75) is 32.7 Å². The number of aryl methyl sites for hydroxylation is 2. The first-order valence-corrected chi connectivity index (χ1v) is 6.47. The summed E-state index contributed by atoms with van der Waals surface area (Å²) in [6.45, 7) is 3.59. The summed E-state index contributed by atoms with van der Waals surface area (Å²) in [6.07, 6.45) is 2.24. The maximum absolute atomic E-state index is 12.1. The molecule has 0 aromatic carbocycles. The summed E-state index contributed by atoms with van der Waals surface area (Å²) in [5.41, 5.74) is 1.05. The van der Waals surface area contributed by atoms with E-state index in [0.717, 1.165) is 18.5 Å². The molecule has 0 aliphatic heterocycles. The van der Waals surface area contributed by atoms with Gasteiger partial charge in [0, 0.05) is 17.8 Å². The molecule has 0 bridgehead atoms. The van der Waals surface area contributed by atoms with E-state index in [1.807, 2.05) is 6.92 Å². The van der Waals surface area contributed by atoms with Crippen molar-refractivity contribution in [1.82, 2.24) is 15.1 Å². The Kier molecular flexibility index (Phi) is 3.09. The maximum atomic E-state index is 12.1. The average Bonchev–Trinajstić information content (AvgIpc) is 3.10. The van der Waals surface area contributed by atoms with Gasteiger partial charge in [-0.05, 0) is 32.8 Å². The Hall–Kier alpha value is -2.44. The number of anilines is 2. The summed E-state index contributed by atoms with van der Waals surface area (Å²) in [6, 6.07) is 3.72. The number of nitrogens with one attached hydrogen (secondary N) is 2. The molecule has 7 heteroatoms. The molecular formula is C13H15N5O2. The SMILES string of the molecule is Cc1cc(C(=O)Nc2cc(C)on2)nc(NC2CC2)n1. The van der Waals surface area contributed by atoms with E-state index in [2.05, 4.69) is 25.8 Å². The third-order valence-electron chi connectivity index (χ3n) is 2.87. The lowest BCUT2D eigenvalue weighted by Gasteiger charge is -2.06. The molecule has 0 spiro atoms.